The van der Waals surface area contributed by atoms with Gasteiger partial charge >= 0.3 is 0 Å². The van der Waals surface area contributed by atoms with Gasteiger partial charge in [0.15, 0.2) is 0 Å². The summed E-state index contributed by atoms with van der Waals surface area (Å²) in [4.78, 5) is 10.8. The quantitative estimate of drug-likeness (QED) is 0.431. The predicted octanol–water partition coefficient (Wildman–Crippen LogP) is 1.01. The Morgan fingerprint density at radius 1 is 1.53 bits per heavy atom. The van der Waals surface area contributed by atoms with Crippen LogP contribution in [-0.4, -0.2) is 12.5 Å². The van der Waals surface area contributed by atoms with Crippen molar-refractivity contribution in [2.24, 2.45) is 5.84 Å². The molecule has 0 atom stereocenters. The van der Waals surface area contributed by atoms with Gasteiger partial charge in [-0.3, -0.25) is 10.2 Å². The molecule has 4 nitrogen and oxygen atoms in total. The molecule has 0 aromatic heterocycles. The van der Waals surface area contributed by atoms with Crippen LogP contribution >= 0.6 is 0 Å². The second-order valence-electron chi connectivity index (χ2n) is 3.17. The average molecular weight is 208 g/mol. The van der Waals surface area contributed by atoms with Crippen LogP contribution < -0.4 is 16.0 Å². The zero-order chi connectivity index (χ0) is 11.1. The number of carbonyl (C=O) groups is 1. The van der Waals surface area contributed by atoms with E-state index in [0.29, 0.717) is 6.61 Å². The largest absolute Gasteiger partial charge is 0.493 e. The Labute approximate surface area is 89.4 Å². The van der Waals surface area contributed by atoms with Crippen molar-refractivity contribution >= 4 is 5.91 Å². The van der Waals surface area contributed by atoms with Crippen LogP contribution in [0.4, 0.5) is 0 Å². The molecule has 0 aliphatic rings. The molecule has 0 saturated carbocycles. The molecule has 0 unspecified atom stereocenters. The molecule has 0 bridgehead atoms. The Morgan fingerprint density at radius 3 is 3.00 bits per heavy atom. The number of hydrogen-bond donors (Lipinski definition) is 2. The number of carbonyl (C=O) groups excluding carboxylic acids is 1. The molecule has 0 fully saturated rings. The molecule has 1 rings (SSSR count). The zero-order valence-electron chi connectivity index (χ0n) is 8.82. The van der Waals surface area contributed by atoms with Crippen molar-refractivity contribution in [1.29, 1.82) is 0 Å². The van der Waals surface area contributed by atoms with Crippen LogP contribution in [-0.2, 0) is 11.2 Å². The van der Waals surface area contributed by atoms with Gasteiger partial charge in [0.2, 0.25) is 5.91 Å². The molecule has 0 radical (unpaired) electrons. The zero-order valence-corrected chi connectivity index (χ0v) is 8.82. The summed E-state index contributed by atoms with van der Waals surface area (Å²) in [7, 11) is 0. The highest BCUT2D eigenvalue weighted by Crippen LogP contribution is 2.13. The van der Waals surface area contributed by atoms with Crippen molar-refractivity contribution in [3.63, 3.8) is 0 Å². The first-order chi connectivity index (χ1) is 7.26. The highest BCUT2D eigenvalue weighted by Gasteiger charge is 1.99. The molecule has 0 heterocycles. The maximum absolute atomic E-state index is 10.8. The van der Waals surface area contributed by atoms with E-state index in [2.05, 4.69) is 12.3 Å². The number of hydrazine groups is 1. The van der Waals surface area contributed by atoms with E-state index in [-0.39, 0.29) is 12.3 Å². The van der Waals surface area contributed by atoms with Gasteiger partial charge in [0, 0.05) is 0 Å². The smallest absolute Gasteiger partial charge is 0.237 e. The van der Waals surface area contributed by atoms with Gasteiger partial charge in [-0.05, 0) is 24.1 Å². The fraction of sp³-hybridized carbons (Fsp3) is 0.364. The van der Waals surface area contributed by atoms with Gasteiger partial charge in [-0.25, -0.2) is 5.84 Å². The molecular weight excluding hydrogens is 192 g/mol. The van der Waals surface area contributed by atoms with Crippen molar-refractivity contribution < 1.29 is 9.53 Å². The molecule has 0 aliphatic carbocycles. The summed E-state index contributed by atoms with van der Waals surface area (Å²) in [5, 5.41) is 0. The maximum atomic E-state index is 10.8. The minimum atomic E-state index is -0.221. The number of rotatable bonds is 5. The van der Waals surface area contributed by atoms with E-state index in [0.717, 1.165) is 12.2 Å². The van der Waals surface area contributed by atoms with E-state index in [1.165, 1.54) is 5.56 Å². The second-order valence-corrected chi connectivity index (χ2v) is 3.17. The van der Waals surface area contributed by atoms with Gasteiger partial charge in [0.1, 0.15) is 5.75 Å². The molecule has 4 heteroatoms. The first-order valence-electron chi connectivity index (χ1n) is 4.97. The summed E-state index contributed by atoms with van der Waals surface area (Å²) < 4.78 is 5.40. The molecule has 82 valence electrons. The highest BCUT2D eigenvalue weighted by atomic mass is 16.5. The van der Waals surface area contributed by atoms with Gasteiger partial charge in [0.25, 0.3) is 0 Å². The lowest BCUT2D eigenvalue weighted by molar-refractivity contribution is -0.121. The molecule has 1 amide bonds. The predicted molar refractivity (Wildman–Crippen MR) is 58.3 cm³/mol. The number of nitrogens with two attached hydrogens (primary N) is 1. The molecule has 1 aromatic carbocycles. The second kappa shape index (κ2) is 6.03. The standard InChI is InChI=1S/C11H16N2O2/c1-2-9-4-3-5-10(8-9)15-7-6-11(14)13-12/h3-5,8H,2,6-7,12H2,1H3,(H,13,14). The fourth-order valence-corrected chi connectivity index (χ4v) is 1.19. The summed E-state index contributed by atoms with van der Waals surface area (Å²) in [6, 6.07) is 7.83. The monoisotopic (exact) mass is 208 g/mol. The van der Waals surface area contributed by atoms with Crippen molar-refractivity contribution in [2.45, 2.75) is 19.8 Å². The molecule has 0 saturated heterocycles. The lowest BCUT2D eigenvalue weighted by Crippen LogP contribution is -2.31. The lowest BCUT2D eigenvalue weighted by atomic mass is 10.2. The number of amides is 1. The van der Waals surface area contributed by atoms with Crippen molar-refractivity contribution in [3.8, 4) is 5.75 Å². The fourth-order valence-electron chi connectivity index (χ4n) is 1.19. The van der Waals surface area contributed by atoms with E-state index >= 15 is 0 Å². The highest BCUT2D eigenvalue weighted by molar-refractivity contribution is 5.75. The van der Waals surface area contributed by atoms with Crippen molar-refractivity contribution in [3.05, 3.63) is 29.8 Å². The minimum Gasteiger partial charge on any atom is -0.493 e. The van der Waals surface area contributed by atoms with E-state index in [1.807, 2.05) is 24.3 Å². The molecule has 15 heavy (non-hydrogen) atoms. The van der Waals surface area contributed by atoms with Gasteiger partial charge in [-0.1, -0.05) is 19.1 Å². The SMILES string of the molecule is CCc1cccc(OCCC(=O)NN)c1. The first kappa shape index (κ1) is 11.5. The third-order valence-corrected chi connectivity index (χ3v) is 2.07. The summed E-state index contributed by atoms with van der Waals surface area (Å²) in [5.41, 5.74) is 3.27. The van der Waals surface area contributed by atoms with E-state index in [1.54, 1.807) is 0 Å². The normalized spacial score (nSPS) is 9.73. The van der Waals surface area contributed by atoms with Crippen molar-refractivity contribution in [1.82, 2.24) is 5.43 Å². The Bertz CT molecular complexity index is 326. The Kier molecular flexibility index (Phi) is 4.63. The lowest BCUT2D eigenvalue weighted by Gasteiger charge is -2.06. The summed E-state index contributed by atoms with van der Waals surface area (Å²) in [5.74, 6) is 5.51. The number of hydrogen-bond acceptors (Lipinski definition) is 3. The number of aryl methyl sites for hydroxylation is 1. The summed E-state index contributed by atoms with van der Waals surface area (Å²) in [6.45, 7) is 2.43. The van der Waals surface area contributed by atoms with Crippen LogP contribution in [0.2, 0.25) is 0 Å². The first-order valence-corrected chi connectivity index (χ1v) is 4.97. The molecule has 0 spiro atoms. The molecule has 1 aromatic rings. The van der Waals surface area contributed by atoms with Crippen LogP contribution in [0.15, 0.2) is 24.3 Å². The molecule has 0 aliphatic heterocycles. The van der Waals surface area contributed by atoms with Gasteiger partial charge < -0.3 is 4.74 Å². The summed E-state index contributed by atoms with van der Waals surface area (Å²) >= 11 is 0. The van der Waals surface area contributed by atoms with Crippen LogP contribution in [0.1, 0.15) is 18.9 Å². The minimum absolute atomic E-state index is 0.221. The topological polar surface area (TPSA) is 64.3 Å². The van der Waals surface area contributed by atoms with Crippen LogP contribution in [0, 0.1) is 0 Å². The Morgan fingerprint density at radius 2 is 2.33 bits per heavy atom. The maximum Gasteiger partial charge on any atom is 0.237 e. The Balaban J connectivity index is 2.40. The Hall–Kier alpha value is -1.55. The third-order valence-electron chi connectivity index (χ3n) is 2.07. The van der Waals surface area contributed by atoms with Gasteiger partial charge in [-0.2, -0.15) is 0 Å². The van der Waals surface area contributed by atoms with Crippen molar-refractivity contribution in [2.75, 3.05) is 6.61 Å². The number of nitrogens with one attached hydrogen (secondary N) is 1. The van der Waals surface area contributed by atoms with E-state index < -0.39 is 0 Å². The van der Waals surface area contributed by atoms with Crippen LogP contribution in [0.25, 0.3) is 0 Å². The number of ether oxygens (including phenoxy) is 1. The van der Waals surface area contributed by atoms with Gasteiger partial charge in [0.05, 0.1) is 13.0 Å². The van der Waals surface area contributed by atoms with Crippen LogP contribution in [0.5, 0.6) is 5.75 Å². The van der Waals surface area contributed by atoms with Gasteiger partial charge in [-0.15, -0.1) is 0 Å². The summed E-state index contributed by atoms with van der Waals surface area (Å²) in [6.07, 6.45) is 1.24. The third kappa shape index (κ3) is 3.99. The molecule has 3 N–H and O–H groups in total. The molecular formula is C11H16N2O2. The number of benzene rings is 1. The average Bonchev–Trinajstić information content (AvgIpc) is 2.29. The van der Waals surface area contributed by atoms with Crippen LogP contribution in [0.3, 0.4) is 0 Å². The van der Waals surface area contributed by atoms with E-state index in [9.17, 15) is 4.79 Å². The van der Waals surface area contributed by atoms with E-state index in [4.69, 9.17) is 10.6 Å².